The molecule has 0 amide bonds. The molecule has 0 N–H and O–H groups in total. The first-order valence-corrected chi connectivity index (χ1v) is 9.74. The van der Waals surface area contributed by atoms with E-state index in [1.54, 1.807) is 6.20 Å². The Hall–Kier alpha value is -2.54. The fourth-order valence-corrected chi connectivity index (χ4v) is 3.80. The topological polar surface area (TPSA) is 64.7 Å². The van der Waals surface area contributed by atoms with Crippen LogP contribution in [0.4, 0.5) is 0 Å². The van der Waals surface area contributed by atoms with Gasteiger partial charge in [0.2, 0.25) is 0 Å². The first-order valence-electron chi connectivity index (χ1n) is 9.74. The highest BCUT2D eigenvalue weighted by atomic mass is 15.3. The molecule has 27 heavy (non-hydrogen) atoms. The van der Waals surface area contributed by atoms with Crippen molar-refractivity contribution in [3.05, 3.63) is 59.7 Å². The van der Waals surface area contributed by atoms with E-state index in [0.717, 1.165) is 49.8 Å². The molecule has 1 aliphatic heterocycles. The van der Waals surface area contributed by atoms with Crippen LogP contribution in [0.25, 0.3) is 0 Å². The summed E-state index contributed by atoms with van der Waals surface area (Å²) in [6.07, 6.45) is 9.11. The molecule has 0 aliphatic carbocycles. The van der Waals surface area contributed by atoms with E-state index in [9.17, 15) is 0 Å². The summed E-state index contributed by atoms with van der Waals surface area (Å²) in [7, 11) is 2.07. The molecule has 0 bridgehead atoms. The van der Waals surface area contributed by atoms with Gasteiger partial charge < -0.3 is 4.57 Å². The van der Waals surface area contributed by atoms with Crippen molar-refractivity contribution in [2.75, 3.05) is 13.1 Å². The lowest BCUT2D eigenvalue weighted by Gasteiger charge is -2.31. The summed E-state index contributed by atoms with van der Waals surface area (Å²) in [6.45, 7) is 5.84. The van der Waals surface area contributed by atoms with Crippen molar-refractivity contribution in [1.29, 1.82) is 0 Å². The summed E-state index contributed by atoms with van der Waals surface area (Å²) in [4.78, 5) is 7.11. The molecule has 0 aromatic carbocycles. The van der Waals surface area contributed by atoms with Crippen molar-refractivity contribution < 1.29 is 0 Å². The van der Waals surface area contributed by atoms with Crippen LogP contribution in [0.5, 0.6) is 0 Å². The molecule has 3 aromatic rings. The molecule has 0 radical (unpaired) electrons. The number of likely N-dealkylation sites (tertiary alicyclic amines) is 1. The second-order valence-electron chi connectivity index (χ2n) is 7.32. The Balaban J connectivity index is 1.42. The maximum absolute atomic E-state index is 4.62. The van der Waals surface area contributed by atoms with Crippen LogP contribution in [-0.4, -0.2) is 47.5 Å². The number of pyridine rings is 1. The molecule has 1 aliphatic rings. The second kappa shape index (κ2) is 8.00. The van der Waals surface area contributed by atoms with Crippen LogP contribution >= 0.6 is 0 Å². The molecule has 4 heterocycles. The van der Waals surface area contributed by atoms with Gasteiger partial charge in [-0.3, -0.25) is 14.6 Å². The van der Waals surface area contributed by atoms with E-state index in [1.807, 2.05) is 23.1 Å². The molecule has 1 fully saturated rings. The SMILES string of the molecule is CCc1ccc(CN2CCC[C@H](c3nnc(Cn4cccn4)n3C)C2)nc1. The minimum Gasteiger partial charge on any atom is -0.316 e. The van der Waals surface area contributed by atoms with Crippen molar-refractivity contribution >= 4 is 0 Å². The maximum Gasteiger partial charge on any atom is 0.154 e. The van der Waals surface area contributed by atoms with Crippen LogP contribution in [0.1, 0.15) is 48.6 Å². The number of hydrogen-bond donors (Lipinski definition) is 0. The Kier molecular flexibility index (Phi) is 5.29. The van der Waals surface area contributed by atoms with Crippen LogP contribution in [0, 0.1) is 0 Å². The standard InChI is InChI=1S/C20H27N7/c1-3-16-7-8-18(21-12-16)14-26-10-4-6-17(13-26)20-24-23-19(25(20)2)15-27-11-5-9-22-27/h5,7-9,11-12,17H,3-4,6,10,13-15H2,1-2H3/t17-/m0/s1. The predicted molar refractivity (Wildman–Crippen MR) is 103 cm³/mol. The molecule has 7 nitrogen and oxygen atoms in total. The number of piperidine rings is 1. The Morgan fingerprint density at radius 2 is 2.11 bits per heavy atom. The molecule has 7 heteroatoms. The monoisotopic (exact) mass is 365 g/mol. The van der Waals surface area contributed by atoms with Gasteiger partial charge in [-0.1, -0.05) is 13.0 Å². The van der Waals surface area contributed by atoms with Crippen LogP contribution in [0.2, 0.25) is 0 Å². The zero-order chi connectivity index (χ0) is 18.6. The van der Waals surface area contributed by atoms with Gasteiger partial charge in [0.05, 0.1) is 5.69 Å². The number of aryl methyl sites for hydroxylation is 1. The maximum atomic E-state index is 4.62. The highest BCUT2D eigenvalue weighted by Gasteiger charge is 2.26. The Morgan fingerprint density at radius 1 is 1.19 bits per heavy atom. The zero-order valence-corrected chi connectivity index (χ0v) is 16.1. The largest absolute Gasteiger partial charge is 0.316 e. The van der Waals surface area contributed by atoms with E-state index in [4.69, 9.17) is 0 Å². The summed E-state index contributed by atoms with van der Waals surface area (Å²) < 4.78 is 4.02. The van der Waals surface area contributed by atoms with E-state index in [-0.39, 0.29) is 0 Å². The molecular weight excluding hydrogens is 338 g/mol. The molecule has 1 saturated heterocycles. The highest BCUT2D eigenvalue weighted by molar-refractivity contribution is 5.14. The molecule has 3 aromatic heterocycles. The average molecular weight is 365 g/mol. The second-order valence-corrected chi connectivity index (χ2v) is 7.32. The Labute approximate surface area is 160 Å². The summed E-state index contributed by atoms with van der Waals surface area (Å²) in [6, 6.07) is 6.28. The first kappa shape index (κ1) is 17.9. The van der Waals surface area contributed by atoms with Crippen LogP contribution in [0.15, 0.2) is 36.8 Å². The number of hydrogen-bond acceptors (Lipinski definition) is 5. The van der Waals surface area contributed by atoms with Crippen LogP contribution in [-0.2, 0) is 26.6 Å². The molecule has 0 spiro atoms. The van der Waals surface area contributed by atoms with E-state index >= 15 is 0 Å². The van der Waals surface area contributed by atoms with E-state index in [2.05, 4.69) is 55.9 Å². The first-order chi connectivity index (χ1) is 13.2. The number of rotatable bonds is 6. The Morgan fingerprint density at radius 3 is 2.85 bits per heavy atom. The summed E-state index contributed by atoms with van der Waals surface area (Å²) in [5, 5.41) is 13.2. The molecule has 1 atom stereocenters. The average Bonchev–Trinajstić information content (AvgIpc) is 3.33. The van der Waals surface area contributed by atoms with Crippen LogP contribution < -0.4 is 0 Å². The molecular formula is C20H27N7. The van der Waals surface area contributed by atoms with Gasteiger partial charge in [0.1, 0.15) is 12.4 Å². The Bertz CT molecular complexity index is 851. The van der Waals surface area contributed by atoms with Gasteiger partial charge in [-0.15, -0.1) is 10.2 Å². The highest BCUT2D eigenvalue weighted by Crippen LogP contribution is 2.26. The third-order valence-corrected chi connectivity index (χ3v) is 5.41. The van der Waals surface area contributed by atoms with Gasteiger partial charge >= 0.3 is 0 Å². The van der Waals surface area contributed by atoms with E-state index < -0.39 is 0 Å². The molecule has 0 saturated carbocycles. The normalized spacial score (nSPS) is 18.1. The van der Waals surface area contributed by atoms with Crippen molar-refractivity contribution in [3.63, 3.8) is 0 Å². The van der Waals surface area contributed by atoms with Crippen molar-refractivity contribution in [2.45, 2.75) is 45.2 Å². The van der Waals surface area contributed by atoms with Crippen LogP contribution in [0.3, 0.4) is 0 Å². The fraction of sp³-hybridized carbons (Fsp3) is 0.500. The smallest absolute Gasteiger partial charge is 0.154 e. The number of nitrogens with zero attached hydrogens (tertiary/aromatic N) is 7. The number of aromatic nitrogens is 6. The molecule has 142 valence electrons. The van der Waals surface area contributed by atoms with Gasteiger partial charge in [0, 0.05) is 44.6 Å². The van der Waals surface area contributed by atoms with Crippen molar-refractivity contribution in [3.8, 4) is 0 Å². The van der Waals surface area contributed by atoms with E-state index in [1.165, 1.54) is 12.0 Å². The minimum absolute atomic E-state index is 0.414. The quantitative estimate of drug-likeness (QED) is 0.671. The lowest BCUT2D eigenvalue weighted by Crippen LogP contribution is -2.35. The van der Waals surface area contributed by atoms with Gasteiger partial charge in [0.15, 0.2) is 5.82 Å². The van der Waals surface area contributed by atoms with Gasteiger partial charge in [-0.2, -0.15) is 5.10 Å². The minimum atomic E-state index is 0.414. The molecule has 4 rings (SSSR count). The third kappa shape index (κ3) is 4.08. The third-order valence-electron chi connectivity index (χ3n) is 5.41. The van der Waals surface area contributed by atoms with Gasteiger partial charge in [-0.25, -0.2) is 0 Å². The van der Waals surface area contributed by atoms with Gasteiger partial charge in [0.25, 0.3) is 0 Å². The van der Waals surface area contributed by atoms with E-state index in [0.29, 0.717) is 12.5 Å². The van der Waals surface area contributed by atoms with Crippen molar-refractivity contribution in [1.82, 2.24) is 34.4 Å². The summed E-state index contributed by atoms with van der Waals surface area (Å²) in [5.74, 6) is 2.44. The molecule has 0 unspecified atom stereocenters. The summed E-state index contributed by atoms with van der Waals surface area (Å²) >= 11 is 0. The lowest BCUT2D eigenvalue weighted by atomic mass is 9.97. The predicted octanol–water partition coefficient (Wildman–Crippen LogP) is 2.40. The van der Waals surface area contributed by atoms with Crippen molar-refractivity contribution in [2.24, 2.45) is 7.05 Å². The summed E-state index contributed by atoms with van der Waals surface area (Å²) in [5.41, 5.74) is 2.43. The van der Waals surface area contributed by atoms with Gasteiger partial charge in [-0.05, 0) is 43.5 Å². The zero-order valence-electron chi connectivity index (χ0n) is 16.1. The lowest BCUT2D eigenvalue weighted by molar-refractivity contribution is 0.193. The fourth-order valence-electron chi connectivity index (χ4n) is 3.80.